The van der Waals surface area contributed by atoms with E-state index in [9.17, 15) is 18.3 Å². The van der Waals surface area contributed by atoms with Crippen molar-refractivity contribution >= 4 is 40.2 Å². The maximum absolute atomic E-state index is 13.4. The van der Waals surface area contributed by atoms with Crippen LogP contribution in [0.5, 0.6) is 5.88 Å². The number of halogens is 1. The van der Waals surface area contributed by atoms with Crippen molar-refractivity contribution in [2.24, 2.45) is 5.41 Å². The molecule has 5 rings (SSSR count). The average molecular weight is 724 g/mol. The molecule has 2 aromatic heterocycles. The zero-order valence-corrected chi connectivity index (χ0v) is 30.9. The van der Waals surface area contributed by atoms with Crippen molar-refractivity contribution < 1.29 is 23.1 Å². The van der Waals surface area contributed by atoms with E-state index in [0.717, 1.165) is 40.7 Å². The normalized spacial score (nSPS) is 13.9. The van der Waals surface area contributed by atoms with Gasteiger partial charge in [0, 0.05) is 43.5 Å². The maximum Gasteiger partial charge on any atom is 0.335 e. The van der Waals surface area contributed by atoms with Crippen molar-refractivity contribution in [2.45, 2.75) is 83.8 Å². The van der Waals surface area contributed by atoms with Crippen LogP contribution in [-0.2, 0) is 16.6 Å². The lowest BCUT2D eigenvalue weighted by Crippen LogP contribution is -2.39. The summed E-state index contributed by atoms with van der Waals surface area (Å²) >= 11 is 0. The van der Waals surface area contributed by atoms with Gasteiger partial charge in [-0.2, -0.15) is 4.98 Å². The molecule has 0 saturated heterocycles. The Labute approximate surface area is 300 Å². The summed E-state index contributed by atoms with van der Waals surface area (Å²) in [6, 6.07) is 13.1. The molecule has 14 heteroatoms. The van der Waals surface area contributed by atoms with Crippen LogP contribution in [0.4, 0.5) is 11.8 Å². The summed E-state index contributed by atoms with van der Waals surface area (Å²) in [6.07, 6.45) is 7.92. The third-order valence-corrected chi connectivity index (χ3v) is 9.90. The number of rotatable bonds is 14. The Kier molecular flexibility index (Phi) is 12.4. The van der Waals surface area contributed by atoms with Crippen molar-refractivity contribution in [3.63, 3.8) is 0 Å². The van der Waals surface area contributed by atoms with Crippen LogP contribution in [0.25, 0.3) is 11.3 Å². The van der Waals surface area contributed by atoms with E-state index in [1.165, 1.54) is 37.5 Å². The van der Waals surface area contributed by atoms with Crippen molar-refractivity contribution in [3.05, 3.63) is 83.3 Å². The molecule has 0 amide bonds. The number of benzene rings is 2. The van der Waals surface area contributed by atoms with E-state index in [0.29, 0.717) is 18.3 Å². The highest BCUT2D eigenvalue weighted by atomic mass is 35.5. The van der Waals surface area contributed by atoms with Gasteiger partial charge in [0.1, 0.15) is 12.4 Å². The van der Waals surface area contributed by atoms with E-state index in [1.54, 1.807) is 18.5 Å². The van der Waals surface area contributed by atoms with Crippen LogP contribution < -0.4 is 19.7 Å². The predicted molar refractivity (Wildman–Crippen MR) is 197 cm³/mol. The standard InChI is InChI=1S/C36H45N7O5S.ClH/c1-23-10-7-11-24(2)33(23)30-17-32(41-35(40-30)42-49(46,47)29-15-8-12-25(16-29)34(44)45)48-22-26(18-36(3,4)5)38-20-27-19-37-21-31(39-27)43(6)28-13-9-14-28;/h7-8,10-12,15-17,19,21,26,28,38H,9,13-14,18,20,22H2,1-6H3,(H,44,45)(H,40,41,42);1H/t26-;/m1./s1. The van der Waals surface area contributed by atoms with Gasteiger partial charge in [0.05, 0.1) is 28.0 Å². The topological polar surface area (TPSA) is 160 Å². The molecule has 4 aromatic rings. The molecule has 268 valence electrons. The fourth-order valence-corrected chi connectivity index (χ4v) is 6.83. The molecule has 1 atom stereocenters. The average Bonchev–Trinajstić information content (AvgIpc) is 3.01. The van der Waals surface area contributed by atoms with E-state index < -0.39 is 16.0 Å². The van der Waals surface area contributed by atoms with Crippen LogP contribution in [0.3, 0.4) is 0 Å². The van der Waals surface area contributed by atoms with Gasteiger partial charge in [-0.15, -0.1) is 12.4 Å². The first-order valence-electron chi connectivity index (χ1n) is 16.4. The highest BCUT2D eigenvalue weighted by molar-refractivity contribution is 7.92. The van der Waals surface area contributed by atoms with Crippen LogP contribution in [0, 0.1) is 19.3 Å². The minimum Gasteiger partial charge on any atom is -0.478 e. The molecule has 3 N–H and O–H groups in total. The number of nitrogens with one attached hydrogen (secondary N) is 2. The zero-order chi connectivity index (χ0) is 35.3. The Morgan fingerprint density at radius 2 is 1.74 bits per heavy atom. The number of ether oxygens (including phenoxy) is 1. The van der Waals surface area contributed by atoms with Crippen LogP contribution in [-0.4, -0.2) is 65.2 Å². The molecule has 2 heterocycles. The third-order valence-electron chi connectivity index (χ3n) is 8.58. The van der Waals surface area contributed by atoms with Crippen LogP contribution in [0.1, 0.15) is 73.6 Å². The molecule has 1 aliphatic carbocycles. The Bertz CT molecular complexity index is 1900. The molecule has 2 aromatic carbocycles. The summed E-state index contributed by atoms with van der Waals surface area (Å²) in [6.45, 7) is 11.1. The lowest BCUT2D eigenvalue weighted by atomic mass is 9.88. The van der Waals surface area contributed by atoms with Crippen molar-refractivity contribution in [1.29, 1.82) is 0 Å². The van der Waals surface area contributed by atoms with E-state index in [4.69, 9.17) is 9.72 Å². The van der Waals surface area contributed by atoms with Gasteiger partial charge in [0.2, 0.25) is 11.8 Å². The first kappa shape index (κ1) is 38.5. The molecule has 1 saturated carbocycles. The molecule has 0 radical (unpaired) electrons. The second-order valence-corrected chi connectivity index (χ2v) is 15.5. The monoisotopic (exact) mass is 723 g/mol. The molecule has 1 fully saturated rings. The number of carboxylic acid groups (broad SMARTS) is 1. The second-order valence-electron chi connectivity index (χ2n) is 13.8. The molecule has 0 spiro atoms. The summed E-state index contributed by atoms with van der Waals surface area (Å²) in [4.78, 5) is 31.8. The molecule has 50 heavy (non-hydrogen) atoms. The SMILES string of the molecule is Cc1cccc(C)c1-c1cc(OC[C@@H](CC(C)(C)C)NCc2cncc(N(C)C3CCC3)n2)nc(NS(=O)(=O)c2cccc(C(=O)O)c2)n1.Cl. The quantitative estimate of drug-likeness (QED) is 0.132. The summed E-state index contributed by atoms with van der Waals surface area (Å²) in [5.41, 5.74) is 3.86. The second kappa shape index (κ2) is 16.1. The predicted octanol–water partition coefficient (Wildman–Crippen LogP) is 6.43. The highest BCUT2D eigenvalue weighted by Gasteiger charge is 2.25. The Hall–Kier alpha value is -4.33. The lowest BCUT2D eigenvalue weighted by molar-refractivity contribution is 0.0696. The fraction of sp³-hybridized carbons (Fsp3) is 0.417. The molecule has 0 bridgehead atoms. The van der Waals surface area contributed by atoms with Crippen molar-refractivity contribution in [1.82, 2.24) is 25.3 Å². The first-order valence-corrected chi connectivity index (χ1v) is 17.9. The van der Waals surface area contributed by atoms with Gasteiger partial charge < -0.3 is 20.1 Å². The van der Waals surface area contributed by atoms with Gasteiger partial charge in [0.15, 0.2) is 0 Å². The summed E-state index contributed by atoms with van der Waals surface area (Å²) in [5, 5.41) is 13.0. The van der Waals surface area contributed by atoms with Crippen LogP contribution >= 0.6 is 12.4 Å². The van der Waals surface area contributed by atoms with Crippen molar-refractivity contribution in [2.75, 3.05) is 23.3 Å². The number of anilines is 2. The van der Waals surface area contributed by atoms with Gasteiger partial charge in [0.25, 0.3) is 10.0 Å². The first-order chi connectivity index (χ1) is 23.2. The number of nitrogens with zero attached hydrogens (tertiary/aromatic N) is 5. The molecule has 0 unspecified atom stereocenters. The summed E-state index contributed by atoms with van der Waals surface area (Å²) in [7, 11) is -2.17. The van der Waals surface area contributed by atoms with E-state index >= 15 is 0 Å². The number of carbonyl (C=O) groups is 1. The van der Waals surface area contributed by atoms with Gasteiger partial charge in [-0.05, 0) is 74.3 Å². The molecule has 12 nitrogen and oxygen atoms in total. The molecular weight excluding hydrogens is 678 g/mol. The fourth-order valence-electron chi connectivity index (χ4n) is 5.84. The number of aryl methyl sites for hydroxylation is 2. The van der Waals surface area contributed by atoms with E-state index in [-0.39, 0.29) is 52.8 Å². The van der Waals surface area contributed by atoms with Gasteiger partial charge in [-0.3, -0.25) is 4.98 Å². The Balaban J connectivity index is 0.00000562. The minimum absolute atomic E-state index is 0. The molecular formula is C36H46ClN7O5S. The van der Waals surface area contributed by atoms with Crippen LogP contribution in [0.15, 0.2) is 65.8 Å². The van der Waals surface area contributed by atoms with Crippen LogP contribution in [0.2, 0.25) is 0 Å². The smallest absolute Gasteiger partial charge is 0.335 e. The van der Waals surface area contributed by atoms with Gasteiger partial charge in [-0.1, -0.05) is 45.0 Å². The largest absolute Gasteiger partial charge is 0.478 e. The third kappa shape index (κ3) is 9.89. The lowest BCUT2D eigenvalue weighted by Gasteiger charge is -2.35. The maximum atomic E-state index is 13.4. The Morgan fingerprint density at radius 3 is 2.38 bits per heavy atom. The zero-order valence-electron chi connectivity index (χ0n) is 29.3. The molecule has 1 aliphatic rings. The number of hydrogen-bond donors (Lipinski definition) is 3. The summed E-state index contributed by atoms with van der Waals surface area (Å²) in [5.74, 6) is -0.384. The van der Waals surface area contributed by atoms with E-state index in [1.807, 2.05) is 32.0 Å². The Morgan fingerprint density at radius 1 is 1.04 bits per heavy atom. The van der Waals surface area contributed by atoms with Gasteiger partial charge in [-0.25, -0.2) is 27.9 Å². The molecule has 0 aliphatic heterocycles. The van der Waals surface area contributed by atoms with E-state index in [2.05, 4.69) is 57.7 Å². The number of aromatic nitrogens is 4. The number of hydrogen-bond acceptors (Lipinski definition) is 10. The highest BCUT2D eigenvalue weighted by Crippen LogP contribution is 2.30. The number of sulfonamides is 1. The van der Waals surface area contributed by atoms with Crippen molar-refractivity contribution in [3.8, 4) is 17.1 Å². The summed E-state index contributed by atoms with van der Waals surface area (Å²) < 4.78 is 35.5. The van der Waals surface area contributed by atoms with Gasteiger partial charge >= 0.3 is 5.97 Å². The minimum atomic E-state index is -4.24. The number of carboxylic acids is 1. The number of aromatic carboxylic acids is 1.